The third-order valence-electron chi connectivity index (χ3n) is 3.96. The van der Waals surface area contributed by atoms with E-state index in [0.29, 0.717) is 5.57 Å². The van der Waals surface area contributed by atoms with Gasteiger partial charge >= 0.3 is 0 Å². The van der Waals surface area contributed by atoms with Crippen LogP contribution in [0.15, 0.2) is 30.5 Å². The van der Waals surface area contributed by atoms with Gasteiger partial charge in [-0.3, -0.25) is 0 Å². The Labute approximate surface area is 135 Å². The first-order valence-corrected chi connectivity index (χ1v) is 7.77. The minimum atomic E-state index is 0.280. The van der Waals surface area contributed by atoms with Crippen LogP contribution in [0.3, 0.4) is 0 Å². The van der Waals surface area contributed by atoms with Gasteiger partial charge in [-0.25, -0.2) is 0 Å². The minimum absolute atomic E-state index is 0.280. The molecule has 1 aliphatic rings. The summed E-state index contributed by atoms with van der Waals surface area (Å²) in [5.41, 5.74) is 2.58. The molecule has 0 amide bonds. The summed E-state index contributed by atoms with van der Waals surface area (Å²) in [5, 5.41) is 25.6. The Kier molecular flexibility index (Phi) is 4.96. The number of nitrogens with zero attached hydrogens (tertiary/aromatic N) is 5. The third kappa shape index (κ3) is 4.14. The molecule has 1 aromatic carbocycles. The van der Waals surface area contributed by atoms with Crippen LogP contribution in [0.2, 0.25) is 0 Å². The van der Waals surface area contributed by atoms with Crippen molar-refractivity contribution in [1.29, 1.82) is 5.26 Å². The number of likely N-dealkylation sites (tertiary alicyclic amines) is 1. The van der Waals surface area contributed by atoms with Gasteiger partial charge in [0, 0.05) is 18.4 Å². The van der Waals surface area contributed by atoms with Gasteiger partial charge in [-0.05, 0) is 55.3 Å². The number of tetrazole rings is 1. The fourth-order valence-corrected chi connectivity index (χ4v) is 2.64. The molecule has 23 heavy (non-hydrogen) atoms. The number of benzene rings is 1. The van der Waals surface area contributed by atoms with Crippen LogP contribution < -0.4 is 5.32 Å². The van der Waals surface area contributed by atoms with E-state index in [1.807, 2.05) is 18.2 Å². The third-order valence-corrected chi connectivity index (χ3v) is 3.96. The SMILES string of the molecule is N#CC(=CNc1ccc(CCN2CCCC2)cc1)c1nn[nH]n1. The summed E-state index contributed by atoms with van der Waals surface area (Å²) < 4.78 is 0. The average Bonchev–Trinajstić information content (AvgIpc) is 3.28. The largest absolute Gasteiger partial charge is 0.360 e. The zero-order valence-corrected chi connectivity index (χ0v) is 12.9. The Morgan fingerprint density at radius 1 is 1.30 bits per heavy atom. The number of rotatable bonds is 6. The van der Waals surface area contributed by atoms with Gasteiger partial charge in [0.2, 0.25) is 5.82 Å². The van der Waals surface area contributed by atoms with Crippen LogP contribution in [0.25, 0.3) is 5.57 Å². The Bertz CT molecular complexity index is 676. The van der Waals surface area contributed by atoms with E-state index in [-0.39, 0.29) is 5.82 Å². The first-order chi connectivity index (χ1) is 11.3. The summed E-state index contributed by atoms with van der Waals surface area (Å²) >= 11 is 0. The second-order valence-electron chi connectivity index (χ2n) is 5.55. The molecule has 1 fully saturated rings. The second kappa shape index (κ2) is 7.51. The van der Waals surface area contributed by atoms with E-state index < -0.39 is 0 Å². The monoisotopic (exact) mass is 309 g/mol. The van der Waals surface area contributed by atoms with Crippen molar-refractivity contribution >= 4 is 11.3 Å². The highest BCUT2D eigenvalue weighted by Crippen LogP contribution is 2.14. The number of nitrogens with one attached hydrogen (secondary N) is 2. The van der Waals surface area contributed by atoms with E-state index in [1.54, 1.807) is 6.20 Å². The predicted molar refractivity (Wildman–Crippen MR) is 87.2 cm³/mol. The highest BCUT2D eigenvalue weighted by atomic mass is 15.5. The number of H-pyrrole nitrogens is 1. The highest BCUT2D eigenvalue weighted by Gasteiger charge is 2.10. The summed E-state index contributed by atoms with van der Waals surface area (Å²) in [6.45, 7) is 3.60. The molecule has 0 unspecified atom stereocenters. The van der Waals surface area contributed by atoms with Gasteiger partial charge in [0.15, 0.2) is 0 Å². The second-order valence-corrected chi connectivity index (χ2v) is 5.55. The number of allylic oxidation sites excluding steroid dienone is 1. The summed E-state index contributed by atoms with van der Waals surface area (Å²) in [5.74, 6) is 0.280. The van der Waals surface area contributed by atoms with E-state index in [2.05, 4.69) is 43.0 Å². The van der Waals surface area contributed by atoms with Crippen LogP contribution in [0, 0.1) is 11.3 Å². The van der Waals surface area contributed by atoms with E-state index in [1.165, 1.54) is 31.5 Å². The lowest BCUT2D eigenvalue weighted by molar-refractivity contribution is 0.343. The van der Waals surface area contributed by atoms with Crippen molar-refractivity contribution < 1.29 is 0 Å². The fourth-order valence-electron chi connectivity index (χ4n) is 2.64. The molecular weight excluding hydrogens is 290 g/mol. The van der Waals surface area contributed by atoms with Crippen LogP contribution in [0.4, 0.5) is 5.69 Å². The molecule has 0 atom stereocenters. The highest BCUT2D eigenvalue weighted by molar-refractivity contribution is 5.73. The number of aromatic nitrogens is 4. The molecule has 7 heteroatoms. The number of hydrogen-bond acceptors (Lipinski definition) is 6. The molecule has 0 saturated carbocycles. The van der Waals surface area contributed by atoms with Gasteiger partial charge in [-0.15, -0.1) is 10.2 Å². The van der Waals surface area contributed by atoms with Crippen molar-refractivity contribution in [2.45, 2.75) is 19.3 Å². The average molecular weight is 309 g/mol. The van der Waals surface area contributed by atoms with Gasteiger partial charge in [0.1, 0.15) is 11.6 Å². The number of nitriles is 1. The molecule has 0 spiro atoms. The van der Waals surface area contributed by atoms with Gasteiger partial charge in [-0.1, -0.05) is 12.1 Å². The molecule has 1 aliphatic heterocycles. The van der Waals surface area contributed by atoms with Crippen LogP contribution in [-0.2, 0) is 6.42 Å². The molecule has 1 saturated heterocycles. The van der Waals surface area contributed by atoms with Crippen LogP contribution in [-0.4, -0.2) is 45.2 Å². The fraction of sp³-hybridized carbons (Fsp3) is 0.375. The van der Waals surface area contributed by atoms with Crippen molar-refractivity contribution in [3.63, 3.8) is 0 Å². The van der Waals surface area contributed by atoms with Crippen LogP contribution in [0.5, 0.6) is 0 Å². The Balaban J connectivity index is 1.55. The predicted octanol–water partition coefficient (Wildman–Crippen LogP) is 1.81. The van der Waals surface area contributed by atoms with Crippen molar-refractivity contribution in [2.24, 2.45) is 0 Å². The normalized spacial score (nSPS) is 15.5. The van der Waals surface area contributed by atoms with Gasteiger partial charge < -0.3 is 10.2 Å². The first kappa shape index (κ1) is 15.2. The smallest absolute Gasteiger partial charge is 0.216 e. The maximum absolute atomic E-state index is 9.11. The topological polar surface area (TPSA) is 93.5 Å². The summed E-state index contributed by atoms with van der Waals surface area (Å²) in [4.78, 5) is 2.51. The minimum Gasteiger partial charge on any atom is -0.360 e. The molecule has 2 heterocycles. The van der Waals surface area contributed by atoms with Crippen molar-refractivity contribution in [3.05, 3.63) is 41.9 Å². The summed E-state index contributed by atoms with van der Waals surface area (Å²) in [6.07, 6.45) is 5.32. The lowest BCUT2D eigenvalue weighted by Gasteiger charge is -2.14. The van der Waals surface area contributed by atoms with E-state index in [4.69, 9.17) is 5.26 Å². The maximum Gasteiger partial charge on any atom is 0.216 e. The van der Waals surface area contributed by atoms with Crippen molar-refractivity contribution in [2.75, 3.05) is 25.0 Å². The molecule has 1 aromatic heterocycles. The molecule has 0 radical (unpaired) electrons. The lowest BCUT2D eigenvalue weighted by atomic mass is 10.1. The molecular formula is C16H19N7. The van der Waals surface area contributed by atoms with Crippen molar-refractivity contribution in [1.82, 2.24) is 25.5 Å². The molecule has 3 rings (SSSR count). The van der Waals surface area contributed by atoms with Crippen molar-refractivity contribution in [3.8, 4) is 6.07 Å². The zero-order chi connectivity index (χ0) is 15.9. The molecule has 2 aromatic rings. The lowest BCUT2D eigenvalue weighted by Crippen LogP contribution is -2.21. The number of hydrogen-bond donors (Lipinski definition) is 2. The summed E-state index contributed by atoms with van der Waals surface area (Å²) in [7, 11) is 0. The molecule has 0 aliphatic carbocycles. The van der Waals surface area contributed by atoms with Gasteiger partial charge in [-0.2, -0.15) is 10.5 Å². The van der Waals surface area contributed by atoms with Crippen LogP contribution in [0.1, 0.15) is 24.2 Å². The standard InChI is InChI=1S/C16H19N7/c17-11-14(16-19-21-22-20-16)12-18-15-5-3-13(4-6-15)7-10-23-8-1-2-9-23/h3-6,12,18H,1-2,7-10H2,(H,19,20,21,22). The van der Waals surface area contributed by atoms with E-state index in [9.17, 15) is 0 Å². The van der Waals surface area contributed by atoms with Gasteiger partial charge in [0.25, 0.3) is 0 Å². The summed E-state index contributed by atoms with van der Waals surface area (Å²) in [6, 6.07) is 10.3. The number of anilines is 1. The molecule has 7 nitrogen and oxygen atoms in total. The Hall–Kier alpha value is -2.72. The Morgan fingerprint density at radius 2 is 2.09 bits per heavy atom. The van der Waals surface area contributed by atoms with Gasteiger partial charge in [0.05, 0.1) is 0 Å². The molecule has 2 N–H and O–H groups in total. The van der Waals surface area contributed by atoms with E-state index >= 15 is 0 Å². The first-order valence-electron chi connectivity index (χ1n) is 7.77. The molecule has 0 bridgehead atoms. The Morgan fingerprint density at radius 3 is 2.74 bits per heavy atom. The zero-order valence-electron chi connectivity index (χ0n) is 12.9. The quantitative estimate of drug-likeness (QED) is 0.791. The van der Waals surface area contributed by atoms with E-state index in [0.717, 1.165) is 18.7 Å². The molecule has 118 valence electrons. The van der Waals surface area contributed by atoms with Crippen LogP contribution >= 0.6 is 0 Å². The number of aromatic amines is 1. The maximum atomic E-state index is 9.11.